The van der Waals surface area contributed by atoms with E-state index >= 15 is 0 Å². The summed E-state index contributed by atoms with van der Waals surface area (Å²) in [7, 11) is 1.91. The maximum absolute atomic E-state index is 12.5. The van der Waals surface area contributed by atoms with Crippen molar-refractivity contribution in [3.8, 4) is 5.75 Å². The lowest BCUT2D eigenvalue weighted by molar-refractivity contribution is 0.0530. The second kappa shape index (κ2) is 7.33. The summed E-state index contributed by atoms with van der Waals surface area (Å²) in [6.45, 7) is 2.65. The van der Waals surface area contributed by atoms with Crippen molar-refractivity contribution in [3.05, 3.63) is 58.6 Å². The van der Waals surface area contributed by atoms with Crippen LogP contribution in [0.1, 0.15) is 22.8 Å². The number of hydrogen-bond donors (Lipinski definition) is 1. The first-order valence-electron chi connectivity index (χ1n) is 7.88. The third-order valence-corrected chi connectivity index (χ3v) is 5.48. The van der Waals surface area contributed by atoms with E-state index in [1.165, 1.54) is 11.3 Å². The first-order valence-corrected chi connectivity index (χ1v) is 9.08. The van der Waals surface area contributed by atoms with Gasteiger partial charge >= 0.3 is 5.97 Å². The highest BCUT2D eigenvalue weighted by Crippen LogP contribution is 2.40. The number of hydrogen-bond acceptors (Lipinski definition) is 5. The van der Waals surface area contributed by atoms with E-state index in [0.717, 1.165) is 20.7 Å². The van der Waals surface area contributed by atoms with Crippen molar-refractivity contribution in [1.29, 1.82) is 0 Å². The smallest absolute Gasteiger partial charge is 0.341 e. The Hall–Kier alpha value is -2.24. The van der Waals surface area contributed by atoms with E-state index in [4.69, 9.17) is 16.3 Å². The molecule has 0 bridgehead atoms. The van der Waals surface area contributed by atoms with Gasteiger partial charge in [0.2, 0.25) is 0 Å². The Kier molecular flexibility index (Phi) is 5.16. The average Bonchev–Trinajstić information content (AvgIpc) is 2.95. The van der Waals surface area contributed by atoms with Gasteiger partial charge < -0.3 is 14.7 Å². The van der Waals surface area contributed by atoms with Crippen molar-refractivity contribution in [3.63, 3.8) is 0 Å². The van der Waals surface area contributed by atoms with Crippen LogP contribution in [0.2, 0.25) is 5.02 Å². The maximum Gasteiger partial charge on any atom is 0.341 e. The highest BCUT2D eigenvalue weighted by atomic mass is 35.5. The Bertz CT molecular complexity index is 922. The van der Waals surface area contributed by atoms with Crippen LogP contribution >= 0.6 is 22.9 Å². The van der Waals surface area contributed by atoms with Gasteiger partial charge in [-0.3, -0.25) is 0 Å². The van der Waals surface area contributed by atoms with Crippen molar-refractivity contribution < 1.29 is 14.6 Å². The van der Waals surface area contributed by atoms with Crippen LogP contribution in [0.5, 0.6) is 5.75 Å². The van der Waals surface area contributed by atoms with Crippen LogP contribution in [0.25, 0.3) is 10.1 Å². The number of phenolic OH excluding ortho intramolecular Hbond substituents is 1. The summed E-state index contributed by atoms with van der Waals surface area (Å²) in [5.41, 5.74) is 1.50. The lowest BCUT2D eigenvalue weighted by atomic mass is 10.1. The first kappa shape index (κ1) is 17.6. The van der Waals surface area contributed by atoms with Crippen LogP contribution in [-0.2, 0) is 11.3 Å². The molecular weight excluding hydrogens is 358 g/mol. The highest BCUT2D eigenvalue weighted by molar-refractivity contribution is 7.23. The van der Waals surface area contributed by atoms with Crippen LogP contribution in [0, 0.1) is 0 Å². The number of aromatic hydroxyl groups is 1. The molecule has 0 fully saturated rings. The molecule has 0 aliphatic rings. The second-order valence-corrected chi connectivity index (χ2v) is 7.07. The number of rotatable bonds is 5. The van der Waals surface area contributed by atoms with E-state index in [-0.39, 0.29) is 11.7 Å². The summed E-state index contributed by atoms with van der Waals surface area (Å²) in [6.07, 6.45) is 0. The number of nitrogens with zero attached hydrogens (tertiary/aromatic N) is 1. The Morgan fingerprint density at radius 1 is 1.28 bits per heavy atom. The zero-order valence-corrected chi connectivity index (χ0v) is 15.5. The quantitative estimate of drug-likeness (QED) is 0.632. The molecule has 0 unspecified atom stereocenters. The van der Waals surface area contributed by atoms with E-state index in [9.17, 15) is 9.90 Å². The summed E-state index contributed by atoms with van der Waals surface area (Å²) in [5.74, 6) is -0.190. The number of thiophene rings is 1. The van der Waals surface area contributed by atoms with Crippen LogP contribution in [0.15, 0.2) is 42.5 Å². The minimum absolute atomic E-state index is 0.171. The highest BCUT2D eigenvalue weighted by Gasteiger charge is 2.23. The third kappa shape index (κ3) is 3.57. The molecule has 0 saturated carbocycles. The molecule has 6 heteroatoms. The minimum Gasteiger partial charge on any atom is -0.508 e. The number of anilines is 1. The van der Waals surface area contributed by atoms with E-state index in [1.54, 1.807) is 25.1 Å². The molecule has 1 N–H and O–H groups in total. The van der Waals surface area contributed by atoms with Crippen molar-refractivity contribution in [2.45, 2.75) is 13.5 Å². The molecule has 25 heavy (non-hydrogen) atoms. The SMILES string of the molecule is CCOC(=O)c1c(N(C)Cc2ccccc2Cl)sc2cc(O)ccc12. The number of phenols is 1. The molecule has 4 nitrogen and oxygen atoms in total. The molecule has 1 heterocycles. The number of carbonyl (C=O) groups is 1. The lowest BCUT2D eigenvalue weighted by Crippen LogP contribution is -2.18. The fraction of sp³-hybridized carbons (Fsp3) is 0.211. The predicted molar refractivity (Wildman–Crippen MR) is 103 cm³/mol. The van der Waals surface area contributed by atoms with Gasteiger partial charge in [0.15, 0.2) is 0 Å². The van der Waals surface area contributed by atoms with E-state index in [2.05, 4.69) is 0 Å². The molecule has 0 radical (unpaired) electrons. The second-order valence-electron chi connectivity index (χ2n) is 5.63. The molecule has 2 aromatic carbocycles. The Labute approximate surface area is 155 Å². The van der Waals surface area contributed by atoms with Crippen LogP contribution < -0.4 is 4.90 Å². The van der Waals surface area contributed by atoms with Gasteiger partial charge in [0.25, 0.3) is 0 Å². The maximum atomic E-state index is 12.5. The van der Waals surface area contributed by atoms with Gasteiger partial charge in [0.1, 0.15) is 16.3 Å². The molecule has 0 amide bonds. The van der Waals surface area contributed by atoms with Crippen LogP contribution in [-0.4, -0.2) is 24.7 Å². The summed E-state index contributed by atoms with van der Waals surface area (Å²) in [4.78, 5) is 14.5. The molecule has 0 aliphatic heterocycles. The zero-order chi connectivity index (χ0) is 18.0. The predicted octanol–water partition coefficient (Wildman–Crippen LogP) is 5.07. The molecule has 0 saturated heterocycles. The largest absolute Gasteiger partial charge is 0.508 e. The number of carbonyl (C=O) groups excluding carboxylic acids is 1. The molecule has 0 atom stereocenters. The molecular formula is C19H18ClNO3S. The molecule has 1 aromatic heterocycles. The van der Waals surface area contributed by atoms with Gasteiger partial charge in [-0.15, -0.1) is 11.3 Å². The average molecular weight is 376 g/mol. The van der Waals surface area contributed by atoms with Crippen molar-refractivity contribution >= 4 is 44.0 Å². The lowest BCUT2D eigenvalue weighted by Gasteiger charge is -2.19. The Morgan fingerprint density at radius 3 is 2.76 bits per heavy atom. The van der Waals surface area contributed by atoms with Crippen molar-refractivity contribution in [2.24, 2.45) is 0 Å². The van der Waals surface area contributed by atoms with Crippen LogP contribution in [0.3, 0.4) is 0 Å². The van der Waals surface area contributed by atoms with Gasteiger partial charge in [-0.2, -0.15) is 0 Å². The first-order chi connectivity index (χ1) is 12.0. The zero-order valence-electron chi connectivity index (χ0n) is 14.0. The van der Waals surface area contributed by atoms with E-state index in [0.29, 0.717) is 23.7 Å². The normalized spacial score (nSPS) is 10.8. The Morgan fingerprint density at radius 2 is 2.04 bits per heavy atom. The van der Waals surface area contributed by atoms with Gasteiger partial charge in [0, 0.05) is 28.7 Å². The van der Waals surface area contributed by atoms with Gasteiger partial charge in [-0.25, -0.2) is 4.79 Å². The van der Waals surface area contributed by atoms with Crippen molar-refractivity contribution in [2.75, 3.05) is 18.6 Å². The van der Waals surface area contributed by atoms with Crippen molar-refractivity contribution in [1.82, 2.24) is 0 Å². The summed E-state index contributed by atoms with van der Waals surface area (Å²) in [6, 6.07) is 12.6. The molecule has 0 aliphatic carbocycles. The molecule has 130 valence electrons. The number of halogens is 1. The topological polar surface area (TPSA) is 49.8 Å². The standard InChI is InChI=1S/C19H18ClNO3S/c1-3-24-19(23)17-14-9-8-13(22)10-16(14)25-18(17)21(2)11-12-6-4-5-7-15(12)20/h4-10,22H,3,11H2,1-2H3. The van der Waals surface area contributed by atoms with Gasteiger partial charge in [0.05, 0.1) is 6.61 Å². The minimum atomic E-state index is -0.361. The van der Waals surface area contributed by atoms with Crippen LogP contribution in [0.4, 0.5) is 5.00 Å². The molecule has 3 aromatic rings. The van der Waals surface area contributed by atoms with Gasteiger partial charge in [-0.1, -0.05) is 29.8 Å². The Balaban J connectivity index is 2.06. The van der Waals surface area contributed by atoms with E-state index in [1.807, 2.05) is 36.2 Å². The summed E-state index contributed by atoms with van der Waals surface area (Å²) < 4.78 is 6.08. The molecule has 0 spiro atoms. The number of fused-ring (bicyclic) bond motifs is 1. The van der Waals surface area contributed by atoms with Gasteiger partial charge in [-0.05, 0) is 36.8 Å². The van der Waals surface area contributed by atoms with E-state index < -0.39 is 0 Å². The fourth-order valence-corrected chi connectivity index (χ4v) is 4.07. The number of esters is 1. The fourth-order valence-electron chi connectivity index (χ4n) is 2.70. The third-order valence-electron chi connectivity index (χ3n) is 3.85. The summed E-state index contributed by atoms with van der Waals surface area (Å²) >= 11 is 7.71. The molecule has 3 rings (SSSR count). The summed E-state index contributed by atoms with van der Waals surface area (Å²) in [5, 5.41) is 12.0. The number of benzene rings is 2. The monoisotopic (exact) mass is 375 g/mol. The number of ether oxygens (including phenoxy) is 1.